The fourth-order valence-electron chi connectivity index (χ4n) is 2.14. The summed E-state index contributed by atoms with van der Waals surface area (Å²) in [4.78, 5) is 0. The average Bonchev–Trinajstić information content (AvgIpc) is 2.69. The van der Waals surface area contributed by atoms with Gasteiger partial charge in [0.2, 0.25) is 0 Å². The van der Waals surface area contributed by atoms with Gasteiger partial charge in [0.1, 0.15) is 12.2 Å². The Balaban J connectivity index is 1.80. The number of aryl methyl sites for hydroxylation is 3. The van der Waals surface area contributed by atoms with Gasteiger partial charge < -0.3 is 9.88 Å². The van der Waals surface area contributed by atoms with Gasteiger partial charge in [0, 0.05) is 26.6 Å². The molecule has 0 spiro atoms. The van der Waals surface area contributed by atoms with Crippen LogP contribution in [0.3, 0.4) is 0 Å². The highest BCUT2D eigenvalue weighted by molar-refractivity contribution is 5.28. The van der Waals surface area contributed by atoms with Crippen molar-refractivity contribution in [3.8, 4) is 0 Å². The summed E-state index contributed by atoms with van der Waals surface area (Å²) in [6.07, 6.45) is 2.64. The van der Waals surface area contributed by atoms with Crippen molar-refractivity contribution in [3.05, 3.63) is 47.0 Å². The molecule has 0 atom stereocenters. The van der Waals surface area contributed by atoms with Crippen LogP contribution in [0.4, 0.5) is 0 Å². The van der Waals surface area contributed by atoms with Crippen LogP contribution in [0.5, 0.6) is 0 Å². The molecule has 0 aliphatic rings. The Morgan fingerprint density at radius 1 is 1.17 bits per heavy atom. The number of nitrogens with one attached hydrogen (secondary N) is 1. The standard InChI is InChI=1S/C14H20N4/c1-11-6-12(2)8-13(7-11)9-15-5-4-14-17-16-10-18(14)3/h6-8,10,15H,4-5,9H2,1-3H3. The monoisotopic (exact) mass is 244 g/mol. The summed E-state index contributed by atoms with van der Waals surface area (Å²) in [7, 11) is 1.97. The first-order valence-corrected chi connectivity index (χ1v) is 6.26. The maximum absolute atomic E-state index is 4.06. The maximum Gasteiger partial charge on any atom is 0.133 e. The second-order valence-corrected chi connectivity index (χ2v) is 4.78. The second-order valence-electron chi connectivity index (χ2n) is 4.78. The Kier molecular flexibility index (Phi) is 4.10. The summed E-state index contributed by atoms with van der Waals surface area (Å²) in [6, 6.07) is 6.65. The van der Waals surface area contributed by atoms with Crippen LogP contribution in [0.25, 0.3) is 0 Å². The summed E-state index contributed by atoms with van der Waals surface area (Å²) >= 11 is 0. The average molecular weight is 244 g/mol. The Bertz CT molecular complexity index is 496. The Morgan fingerprint density at radius 2 is 1.89 bits per heavy atom. The van der Waals surface area contributed by atoms with Gasteiger partial charge in [-0.3, -0.25) is 0 Å². The van der Waals surface area contributed by atoms with Crippen molar-refractivity contribution in [3.63, 3.8) is 0 Å². The van der Waals surface area contributed by atoms with Crippen LogP contribution >= 0.6 is 0 Å². The maximum atomic E-state index is 4.06. The molecular formula is C14H20N4. The molecule has 4 heteroatoms. The molecule has 1 aromatic heterocycles. The number of aromatic nitrogens is 3. The molecule has 0 aliphatic carbocycles. The number of benzene rings is 1. The Labute approximate surface area is 108 Å². The summed E-state index contributed by atoms with van der Waals surface area (Å²) in [5.41, 5.74) is 3.98. The van der Waals surface area contributed by atoms with Gasteiger partial charge in [-0.2, -0.15) is 0 Å². The quantitative estimate of drug-likeness (QED) is 0.815. The molecule has 96 valence electrons. The first-order chi connectivity index (χ1) is 8.65. The van der Waals surface area contributed by atoms with E-state index in [2.05, 4.69) is 47.6 Å². The van der Waals surface area contributed by atoms with Gasteiger partial charge in [0.25, 0.3) is 0 Å². The van der Waals surface area contributed by atoms with Crippen LogP contribution in [0.2, 0.25) is 0 Å². The molecule has 0 fully saturated rings. The van der Waals surface area contributed by atoms with E-state index in [0.717, 1.165) is 25.3 Å². The van der Waals surface area contributed by atoms with Crippen molar-refractivity contribution in [1.29, 1.82) is 0 Å². The zero-order chi connectivity index (χ0) is 13.0. The highest BCUT2D eigenvalue weighted by atomic mass is 15.2. The van der Waals surface area contributed by atoms with Crippen molar-refractivity contribution in [2.24, 2.45) is 7.05 Å². The molecule has 0 amide bonds. The first-order valence-electron chi connectivity index (χ1n) is 6.26. The Morgan fingerprint density at radius 3 is 2.50 bits per heavy atom. The highest BCUT2D eigenvalue weighted by Gasteiger charge is 2.00. The van der Waals surface area contributed by atoms with Crippen molar-refractivity contribution in [2.75, 3.05) is 6.54 Å². The van der Waals surface area contributed by atoms with Gasteiger partial charge in [0.15, 0.2) is 0 Å². The zero-order valence-corrected chi connectivity index (χ0v) is 11.3. The third-order valence-electron chi connectivity index (χ3n) is 2.94. The van der Waals surface area contributed by atoms with Gasteiger partial charge in [0.05, 0.1) is 0 Å². The molecule has 0 radical (unpaired) electrons. The van der Waals surface area contributed by atoms with Crippen molar-refractivity contribution < 1.29 is 0 Å². The third kappa shape index (κ3) is 3.40. The first kappa shape index (κ1) is 12.8. The lowest BCUT2D eigenvalue weighted by atomic mass is 10.1. The van der Waals surface area contributed by atoms with E-state index in [1.807, 2.05) is 11.6 Å². The minimum atomic E-state index is 0.903. The van der Waals surface area contributed by atoms with Gasteiger partial charge >= 0.3 is 0 Å². The van der Waals surface area contributed by atoms with Crippen LogP contribution in [0.15, 0.2) is 24.5 Å². The van der Waals surface area contributed by atoms with E-state index < -0.39 is 0 Å². The topological polar surface area (TPSA) is 42.7 Å². The van der Waals surface area contributed by atoms with E-state index in [1.165, 1.54) is 16.7 Å². The molecule has 0 aliphatic heterocycles. The molecule has 4 nitrogen and oxygen atoms in total. The molecule has 2 aromatic rings. The molecule has 0 saturated heterocycles. The van der Waals surface area contributed by atoms with E-state index in [4.69, 9.17) is 0 Å². The van der Waals surface area contributed by atoms with Crippen molar-refractivity contribution in [2.45, 2.75) is 26.8 Å². The number of rotatable bonds is 5. The summed E-state index contributed by atoms with van der Waals surface area (Å²) in [5, 5.41) is 11.4. The molecule has 18 heavy (non-hydrogen) atoms. The summed E-state index contributed by atoms with van der Waals surface area (Å²) in [5.74, 6) is 1.02. The van der Waals surface area contributed by atoms with E-state index in [1.54, 1.807) is 6.33 Å². The van der Waals surface area contributed by atoms with Gasteiger partial charge in [-0.15, -0.1) is 10.2 Å². The highest BCUT2D eigenvalue weighted by Crippen LogP contribution is 2.08. The number of nitrogens with zero attached hydrogens (tertiary/aromatic N) is 3. The molecular weight excluding hydrogens is 224 g/mol. The van der Waals surface area contributed by atoms with Gasteiger partial charge in [-0.05, 0) is 19.4 Å². The second kappa shape index (κ2) is 5.78. The van der Waals surface area contributed by atoms with Crippen LogP contribution in [-0.2, 0) is 20.0 Å². The fourth-order valence-corrected chi connectivity index (χ4v) is 2.14. The number of hydrogen-bond acceptors (Lipinski definition) is 3. The van der Waals surface area contributed by atoms with Crippen LogP contribution in [0, 0.1) is 13.8 Å². The minimum absolute atomic E-state index is 0.903. The van der Waals surface area contributed by atoms with Gasteiger partial charge in [-0.25, -0.2) is 0 Å². The fraction of sp³-hybridized carbons (Fsp3) is 0.429. The molecule has 2 rings (SSSR count). The van der Waals surface area contributed by atoms with Crippen molar-refractivity contribution in [1.82, 2.24) is 20.1 Å². The molecule has 1 N–H and O–H groups in total. The van der Waals surface area contributed by atoms with Crippen LogP contribution in [0.1, 0.15) is 22.5 Å². The molecule has 1 heterocycles. The lowest BCUT2D eigenvalue weighted by Crippen LogP contribution is -2.18. The molecule has 0 bridgehead atoms. The SMILES string of the molecule is Cc1cc(C)cc(CNCCc2nncn2C)c1. The van der Waals surface area contributed by atoms with Crippen molar-refractivity contribution >= 4 is 0 Å². The van der Waals surface area contributed by atoms with Crippen LogP contribution in [-0.4, -0.2) is 21.3 Å². The normalized spacial score (nSPS) is 10.8. The van der Waals surface area contributed by atoms with E-state index >= 15 is 0 Å². The van der Waals surface area contributed by atoms with Gasteiger partial charge in [-0.1, -0.05) is 29.3 Å². The van der Waals surface area contributed by atoms with E-state index in [0.29, 0.717) is 0 Å². The zero-order valence-electron chi connectivity index (χ0n) is 11.3. The molecule has 0 saturated carbocycles. The predicted octanol–water partition coefficient (Wildman–Crippen LogP) is 1.76. The predicted molar refractivity (Wildman–Crippen MR) is 72.3 cm³/mol. The van der Waals surface area contributed by atoms with E-state index in [9.17, 15) is 0 Å². The lowest BCUT2D eigenvalue weighted by molar-refractivity contribution is 0.653. The smallest absolute Gasteiger partial charge is 0.133 e. The lowest BCUT2D eigenvalue weighted by Gasteiger charge is -2.07. The summed E-state index contributed by atoms with van der Waals surface area (Å²) < 4.78 is 1.96. The third-order valence-corrected chi connectivity index (χ3v) is 2.94. The Hall–Kier alpha value is -1.68. The summed E-state index contributed by atoms with van der Waals surface area (Å²) in [6.45, 7) is 6.09. The van der Waals surface area contributed by atoms with E-state index in [-0.39, 0.29) is 0 Å². The van der Waals surface area contributed by atoms with Crippen LogP contribution < -0.4 is 5.32 Å². The minimum Gasteiger partial charge on any atom is -0.321 e. The largest absolute Gasteiger partial charge is 0.321 e. The number of hydrogen-bond donors (Lipinski definition) is 1. The molecule has 0 unspecified atom stereocenters. The molecule has 1 aromatic carbocycles.